The van der Waals surface area contributed by atoms with Gasteiger partial charge in [-0.25, -0.2) is 14.4 Å². The second kappa shape index (κ2) is 42.5. The van der Waals surface area contributed by atoms with E-state index in [1.807, 2.05) is 53.7 Å². The molecule has 2 aliphatic rings. The number of benzene rings is 2. The Kier molecular flexibility index (Phi) is 41.3. The Labute approximate surface area is 533 Å². The lowest BCUT2D eigenvalue weighted by molar-refractivity contribution is -0.137. The summed E-state index contributed by atoms with van der Waals surface area (Å²) in [4.78, 5) is 58.2. The van der Waals surface area contributed by atoms with Crippen molar-refractivity contribution in [3.05, 3.63) is 67.8 Å². The van der Waals surface area contributed by atoms with Gasteiger partial charge >= 0.3 is 38.5 Å². The van der Waals surface area contributed by atoms with E-state index in [1.54, 1.807) is 41.9 Å². The van der Waals surface area contributed by atoms with Crippen molar-refractivity contribution in [3.63, 3.8) is 0 Å². The van der Waals surface area contributed by atoms with Crippen molar-refractivity contribution in [3.8, 4) is 23.0 Å². The zero-order valence-corrected chi connectivity index (χ0v) is 59.1. The van der Waals surface area contributed by atoms with E-state index in [9.17, 15) is 33.1 Å². The molecule has 26 heteroatoms. The second-order valence-electron chi connectivity index (χ2n) is 23.1. The molecule has 0 saturated carbocycles. The molecule has 0 radical (unpaired) electrons. The van der Waals surface area contributed by atoms with Crippen LogP contribution in [0.2, 0.25) is 51.4 Å². The highest BCUT2D eigenvalue weighted by Gasteiger charge is 2.35. The van der Waals surface area contributed by atoms with Gasteiger partial charge in [0, 0.05) is 69.4 Å². The SMILES string of the molecule is C.C.CC(C)COC(=O)Cl.CCOP(=O)(CCNC(=O)CC/C(C)=C/Cc1c(OC)c(C)c2c(c1OCC[Si](C)(C)C)C(=O)OC2)OCC.CCOP(=O)(CN)OCC.COc1c(C)c2c(c(OCC[Si](C)(C)C)c1C/C=C(\C)CCC(=O)O)C(=O)OC2. The molecule has 2 aliphatic heterocycles. The number of cyclic esters (lactones) is 2. The Morgan fingerprint density at radius 3 is 1.38 bits per heavy atom. The van der Waals surface area contributed by atoms with Gasteiger partial charge in [-0.15, -0.1) is 0 Å². The first-order valence-corrected chi connectivity index (χ1v) is 40.6. The average molecular weight is 1340 g/mol. The van der Waals surface area contributed by atoms with Crippen LogP contribution < -0.4 is 30.0 Å². The lowest BCUT2D eigenvalue weighted by Crippen LogP contribution is -2.26. The number of fused-ring (bicyclic) bond motifs is 2. The Morgan fingerprint density at radius 1 is 0.670 bits per heavy atom. The smallest absolute Gasteiger partial charge is 0.403 e. The van der Waals surface area contributed by atoms with Crippen LogP contribution in [0.15, 0.2) is 23.3 Å². The number of halogens is 1. The van der Waals surface area contributed by atoms with Gasteiger partial charge in [-0.2, -0.15) is 0 Å². The van der Waals surface area contributed by atoms with Crippen LogP contribution in [0.25, 0.3) is 0 Å². The van der Waals surface area contributed by atoms with Gasteiger partial charge in [0.25, 0.3) is 0 Å². The molecular weight excluding hydrogens is 1230 g/mol. The summed E-state index contributed by atoms with van der Waals surface area (Å²) in [7, 11) is -5.51. The molecule has 0 aromatic heterocycles. The van der Waals surface area contributed by atoms with Gasteiger partial charge < -0.3 is 67.4 Å². The Bertz CT molecular complexity index is 2690. The van der Waals surface area contributed by atoms with E-state index in [0.717, 1.165) is 56.6 Å². The summed E-state index contributed by atoms with van der Waals surface area (Å²) in [6, 6.07) is 1.93. The largest absolute Gasteiger partial charge is 0.496 e. The summed E-state index contributed by atoms with van der Waals surface area (Å²) >= 11 is 4.86. The van der Waals surface area contributed by atoms with Gasteiger partial charge in [-0.1, -0.05) is 91.3 Å². The van der Waals surface area contributed by atoms with Crippen LogP contribution in [0.3, 0.4) is 0 Å². The van der Waals surface area contributed by atoms with Crippen LogP contribution in [0.4, 0.5) is 4.79 Å². The number of aliphatic carboxylic acids is 1. The number of carbonyl (C=O) groups excluding carboxylic acids is 4. The molecule has 88 heavy (non-hydrogen) atoms. The molecule has 0 atom stereocenters. The van der Waals surface area contributed by atoms with E-state index in [-0.39, 0.29) is 84.5 Å². The number of nitrogens with two attached hydrogens (primary N) is 1. The Morgan fingerprint density at radius 2 is 1.06 bits per heavy atom. The molecule has 0 unspecified atom stereocenters. The fraction of sp³-hybridized carbons (Fsp3) is 0.661. The van der Waals surface area contributed by atoms with Gasteiger partial charge in [0.1, 0.15) is 47.3 Å². The minimum absolute atomic E-state index is 0. The summed E-state index contributed by atoms with van der Waals surface area (Å²) in [6.07, 6.45) is 6.53. The first kappa shape index (κ1) is 85.5. The summed E-state index contributed by atoms with van der Waals surface area (Å²) < 4.78 is 82.9. The van der Waals surface area contributed by atoms with Crippen LogP contribution >= 0.6 is 26.8 Å². The van der Waals surface area contributed by atoms with Gasteiger partial charge in [0.15, 0.2) is 0 Å². The molecule has 2 aromatic rings. The quantitative estimate of drug-likeness (QED) is 0.0147. The molecular formula is C62H109ClN2O19P2Si2. The fourth-order valence-electron chi connectivity index (χ4n) is 8.38. The van der Waals surface area contributed by atoms with Crippen LogP contribution in [0.5, 0.6) is 23.0 Å². The number of amides is 1. The molecule has 21 nitrogen and oxygen atoms in total. The van der Waals surface area contributed by atoms with Crippen LogP contribution in [-0.2, 0) is 77.1 Å². The molecule has 4 rings (SSSR count). The number of hydrogen-bond acceptors (Lipinski definition) is 19. The molecule has 0 bridgehead atoms. The van der Waals surface area contributed by atoms with Crippen molar-refractivity contribution in [1.29, 1.82) is 0 Å². The number of ether oxygens (including phenoxy) is 7. The number of nitrogens with one attached hydrogen (secondary N) is 1. The number of allylic oxidation sites excluding steroid dienone is 4. The van der Waals surface area contributed by atoms with Gasteiger partial charge in [0.05, 0.1) is 72.9 Å². The predicted octanol–water partition coefficient (Wildman–Crippen LogP) is 15.2. The number of rotatable bonds is 34. The third kappa shape index (κ3) is 31.0. The number of carboxylic acids is 1. The second-order valence-corrected chi connectivity index (χ2v) is 38.9. The highest BCUT2D eigenvalue weighted by molar-refractivity contribution is 7.54. The standard InChI is InChI=1S/C28H46NO8PSi.C22H32O6Si.C5H9ClO2.C5H14NO3P.2CH4/c1-9-36-38(32,37-10-2)17-15-29-24(30)14-12-20(3)11-13-22-26(33-5)21(4)23-19-35-28(31)25(23)27(22)34-16-18-39(6,7)8;1-14(8-10-18(23)24)7-9-16-20(26-3)15(2)17-13-28-22(25)19(17)21(16)27-11-12-29(4,5)6;1-4(2)3-8-5(6)7;1-3-8-10(7,5-6)9-4-2;;/h11H,9-10,12-19H2,1-8H3,(H,29,30);7H,8-13H2,1-6H3,(H,23,24);4H,3H2,1-2H3;3-6H2,1-2H3;2*1H4/b20-11+;14-7+;;;;. The first-order chi connectivity index (χ1) is 40.2. The molecule has 506 valence electrons. The topological polar surface area (TPSA) is 279 Å². The minimum Gasteiger partial charge on any atom is -0.496 e. The van der Waals surface area contributed by atoms with E-state index < -0.39 is 42.7 Å². The van der Waals surface area contributed by atoms with Crippen molar-refractivity contribution in [2.24, 2.45) is 11.7 Å². The van der Waals surface area contributed by atoms with Crippen molar-refractivity contribution in [1.82, 2.24) is 5.32 Å². The van der Waals surface area contributed by atoms with Crippen molar-refractivity contribution >= 4 is 72.2 Å². The molecule has 0 aliphatic carbocycles. The van der Waals surface area contributed by atoms with Crippen LogP contribution in [0.1, 0.15) is 150 Å². The Balaban J connectivity index is 0. The molecule has 2 aromatic carbocycles. The Hall–Kier alpha value is -4.55. The molecule has 0 spiro atoms. The lowest BCUT2D eigenvalue weighted by atomic mass is 9.94. The van der Waals surface area contributed by atoms with Crippen molar-refractivity contribution in [2.75, 3.05) is 79.5 Å². The number of carboxylic acid groups (broad SMARTS) is 1. The maximum Gasteiger partial charge on any atom is 0.403 e. The normalized spacial score (nSPS) is 12.9. The number of methoxy groups -OCH3 is 2. The van der Waals surface area contributed by atoms with Crippen LogP contribution in [-0.4, -0.2) is 130 Å². The maximum absolute atomic E-state index is 12.7. The zero-order valence-electron chi connectivity index (χ0n) is 54.5. The lowest BCUT2D eigenvalue weighted by Gasteiger charge is -2.21. The third-order valence-electron chi connectivity index (χ3n) is 13.0. The molecule has 0 saturated heterocycles. The van der Waals surface area contributed by atoms with Crippen molar-refractivity contribution < 1.29 is 89.5 Å². The third-order valence-corrected chi connectivity index (χ3v) is 20.3. The average Bonchev–Trinajstić information content (AvgIpc) is 1.70. The first-order valence-electron chi connectivity index (χ1n) is 29.3. The molecule has 0 fully saturated rings. The summed E-state index contributed by atoms with van der Waals surface area (Å²) in [5.74, 6) is 1.17. The fourth-order valence-corrected chi connectivity index (χ4v) is 12.4. The summed E-state index contributed by atoms with van der Waals surface area (Å²) in [6.45, 7) is 35.8. The molecule has 4 N–H and O–H groups in total. The highest BCUT2D eigenvalue weighted by atomic mass is 35.5. The van der Waals surface area contributed by atoms with E-state index >= 15 is 0 Å². The number of carbonyl (C=O) groups is 5. The minimum atomic E-state index is -3.18. The van der Waals surface area contributed by atoms with Crippen molar-refractivity contribution in [2.45, 2.75) is 187 Å². The summed E-state index contributed by atoms with van der Waals surface area (Å²) in [5, 5.41) is 11.7. The number of hydrogen-bond donors (Lipinski definition) is 3. The molecule has 1 amide bonds. The number of esters is 2. The highest BCUT2D eigenvalue weighted by Crippen LogP contribution is 2.48. The summed E-state index contributed by atoms with van der Waals surface area (Å²) in [5.41, 5.74) is 12.5. The van der Waals surface area contributed by atoms with Gasteiger partial charge in [-0.05, 0) is 110 Å². The van der Waals surface area contributed by atoms with Gasteiger partial charge in [0.2, 0.25) is 5.91 Å². The maximum atomic E-state index is 12.7. The van der Waals surface area contributed by atoms with E-state index in [1.165, 1.54) is 0 Å². The monoisotopic (exact) mass is 1340 g/mol. The van der Waals surface area contributed by atoms with E-state index in [2.05, 4.69) is 49.3 Å². The van der Waals surface area contributed by atoms with E-state index in [0.29, 0.717) is 105 Å². The predicted molar refractivity (Wildman–Crippen MR) is 356 cm³/mol. The van der Waals surface area contributed by atoms with Crippen LogP contribution in [0, 0.1) is 19.8 Å². The zero-order chi connectivity index (χ0) is 65.6. The molecule has 2 heterocycles. The van der Waals surface area contributed by atoms with Gasteiger partial charge in [-0.3, -0.25) is 18.7 Å². The van der Waals surface area contributed by atoms with E-state index in [4.69, 9.17) is 69.0 Å².